The quantitative estimate of drug-likeness (QED) is 0.681. The number of hydrogen-bond donors (Lipinski definition) is 0. The van der Waals surface area contributed by atoms with E-state index in [1.54, 1.807) is 18.2 Å². The maximum atomic E-state index is 13.7. The molecule has 0 spiro atoms. The van der Waals surface area contributed by atoms with E-state index < -0.39 is 5.95 Å². The van der Waals surface area contributed by atoms with Crippen molar-refractivity contribution in [1.82, 2.24) is 14.6 Å². The highest BCUT2D eigenvalue weighted by Crippen LogP contribution is 2.55. The van der Waals surface area contributed by atoms with Gasteiger partial charge < -0.3 is 4.74 Å². The molecule has 7 heteroatoms. The Morgan fingerprint density at radius 1 is 1.33 bits per heavy atom. The Morgan fingerprint density at radius 3 is 2.79 bits per heavy atom. The minimum atomic E-state index is -0.534. The van der Waals surface area contributed by atoms with Crippen molar-refractivity contribution in [3.8, 4) is 0 Å². The Kier molecular flexibility index (Phi) is 3.49. The van der Waals surface area contributed by atoms with Gasteiger partial charge in [-0.05, 0) is 42.0 Å². The summed E-state index contributed by atoms with van der Waals surface area (Å²) in [5, 5.41) is 4.17. The number of imidazole rings is 1. The molecule has 0 saturated heterocycles. The molecular weight excluding hydrogens is 333 g/mol. The summed E-state index contributed by atoms with van der Waals surface area (Å²) in [6, 6.07) is 9.09. The minimum Gasteiger partial charge on any atom is -0.465 e. The molecule has 4 rings (SSSR count). The van der Waals surface area contributed by atoms with E-state index >= 15 is 0 Å². The van der Waals surface area contributed by atoms with Crippen LogP contribution in [-0.2, 0) is 4.74 Å². The average molecular weight is 346 g/mol. The highest BCUT2D eigenvalue weighted by Gasteiger charge is 2.41. The van der Waals surface area contributed by atoms with Crippen LogP contribution in [0.25, 0.3) is 5.65 Å². The zero-order valence-corrected chi connectivity index (χ0v) is 13.5. The first-order valence-electron chi connectivity index (χ1n) is 7.46. The Hall–Kier alpha value is -2.47. The Bertz CT molecular complexity index is 939. The number of carbonyl (C=O) groups excluding carboxylic acids is 1. The third-order valence-electron chi connectivity index (χ3n) is 4.37. The van der Waals surface area contributed by atoms with E-state index in [1.165, 1.54) is 7.11 Å². The summed E-state index contributed by atoms with van der Waals surface area (Å²) in [6.07, 6.45) is 2.06. The fraction of sp³-hybridized carbons (Fsp3) is 0.235. The number of halogens is 2. The first kappa shape index (κ1) is 15.1. The lowest BCUT2D eigenvalue weighted by molar-refractivity contribution is 0.0600. The molecule has 1 aromatic carbocycles. The van der Waals surface area contributed by atoms with Crippen LogP contribution >= 0.6 is 11.6 Å². The zero-order chi connectivity index (χ0) is 16.8. The molecular formula is C17H13ClFN3O2. The van der Waals surface area contributed by atoms with Gasteiger partial charge in [0.05, 0.1) is 18.9 Å². The van der Waals surface area contributed by atoms with E-state index in [0.717, 1.165) is 28.3 Å². The normalized spacial score (nSPS) is 19.5. The monoisotopic (exact) mass is 345 g/mol. The second-order valence-electron chi connectivity index (χ2n) is 5.80. The average Bonchev–Trinajstić information content (AvgIpc) is 3.32. The fourth-order valence-corrected chi connectivity index (χ4v) is 3.29. The number of nitrogens with zero attached hydrogens (tertiary/aromatic N) is 3. The van der Waals surface area contributed by atoms with Crippen LogP contribution in [0.5, 0.6) is 0 Å². The third kappa shape index (κ3) is 2.43. The van der Waals surface area contributed by atoms with Crippen molar-refractivity contribution in [2.75, 3.05) is 7.11 Å². The second kappa shape index (κ2) is 5.56. The smallest absolute Gasteiger partial charge is 0.337 e. The van der Waals surface area contributed by atoms with Gasteiger partial charge in [0.15, 0.2) is 10.8 Å². The summed E-state index contributed by atoms with van der Waals surface area (Å²) in [4.78, 5) is 15.6. The van der Waals surface area contributed by atoms with Crippen LogP contribution in [0, 0.1) is 5.95 Å². The number of aromatic nitrogens is 3. The van der Waals surface area contributed by atoms with Crippen LogP contribution in [-0.4, -0.2) is 27.7 Å². The summed E-state index contributed by atoms with van der Waals surface area (Å²) in [7, 11) is 1.36. The van der Waals surface area contributed by atoms with Crippen LogP contribution in [0.1, 0.15) is 39.7 Å². The molecule has 5 nitrogen and oxygen atoms in total. The molecule has 2 heterocycles. The summed E-state index contributed by atoms with van der Waals surface area (Å²) < 4.78 is 19.5. The van der Waals surface area contributed by atoms with E-state index in [1.807, 2.05) is 12.1 Å². The van der Waals surface area contributed by atoms with Gasteiger partial charge in [-0.15, -0.1) is 0 Å². The van der Waals surface area contributed by atoms with E-state index in [2.05, 4.69) is 10.1 Å². The standard InChI is InChI=1S/C17H13ClFN3O2/c1-24-17(23)10-4-2-9(3-5-10)11-6-12(11)13-7-14(18)21-22-15(19)8-20-16(13)22/h2-5,7-8,11-12H,6H2,1H3/t11-,12+/m1/s1. The maximum Gasteiger partial charge on any atom is 0.337 e. The topological polar surface area (TPSA) is 56.5 Å². The van der Waals surface area contributed by atoms with Crippen molar-refractivity contribution in [3.63, 3.8) is 0 Å². The van der Waals surface area contributed by atoms with Gasteiger partial charge in [-0.2, -0.15) is 14.0 Å². The Morgan fingerprint density at radius 2 is 2.08 bits per heavy atom. The predicted molar refractivity (Wildman–Crippen MR) is 85.8 cm³/mol. The molecule has 122 valence electrons. The van der Waals surface area contributed by atoms with Gasteiger partial charge in [-0.25, -0.2) is 9.78 Å². The number of benzene rings is 1. The number of ether oxygens (including phenoxy) is 1. The molecule has 1 aliphatic rings. The van der Waals surface area contributed by atoms with E-state index in [4.69, 9.17) is 16.3 Å². The summed E-state index contributed by atoms with van der Waals surface area (Å²) in [5.74, 6) is -0.393. The number of methoxy groups -OCH3 is 1. The minimum absolute atomic E-state index is 0.207. The first-order valence-corrected chi connectivity index (χ1v) is 7.84. The van der Waals surface area contributed by atoms with E-state index in [0.29, 0.717) is 17.1 Å². The van der Waals surface area contributed by atoms with Crippen molar-refractivity contribution in [1.29, 1.82) is 0 Å². The first-order chi connectivity index (χ1) is 11.6. The van der Waals surface area contributed by atoms with Crippen molar-refractivity contribution >= 4 is 23.2 Å². The number of rotatable bonds is 3. The molecule has 1 fully saturated rings. The molecule has 2 aromatic heterocycles. The number of hydrogen-bond acceptors (Lipinski definition) is 4. The highest BCUT2D eigenvalue weighted by atomic mass is 35.5. The molecule has 0 radical (unpaired) electrons. The van der Waals surface area contributed by atoms with Crippen LogP contribution < -0.4 is 0 Å². The largest absolute Gasteiger partial charge is 0.465 e. The molecule has 1 aliphatic carbocycles. The van der Waals surface area contributed by atoms with Gasteiger partial charge in [0.25, 0.3) is 0 Å². The lowest BCUT2D eigenvalue weighted by atomic mass is 10.0. The van der Waals surface area contributed by atoms with Crippen molar-refractivity contribution in [2.24, 2.45) is 0 Å². The molecule has 0 amide bonds. The molecule has 0 N–H and O–H groups in total. The number of fused-ring (bicyclic) bond motifs is 1. The number of carbonyl (C=O) groups is 1. The lowest BCUT2D eigenvalue weighted by Crippen LogP contribution is -2.01. The lowest BCUT2D eigenvalue weighted by Gasteiger charge is -2.05. The molecule has 0 unspecified atom stereocenters. The third-order valence-corrected chi connectivity index (χ3v) is 4.56. The molecule has 0 aliphatic heterocycles. The van der Waals surface area contributed by atoms with Crippen LogP contribution in [0.4, 0.5) is 4.39 Å². The molecule has 3 aromatic rings. The van der Waals surface area contributed by atoms with Crippen molar-refractivity contribution in [2.45, 2.75) is 18.3 Å². The SMILES string of the molecule is COC(=O)c1ccc([C@H]2C[C@@H]2c2cc(Cl)nn3c(F)cnc23)cc1. The number of esters is 1. The van der Waals surface area contributed by atoms with Gasteiger partial charge in [0.1, 0.15) is 0 Å². The summed E-state index contributed by atoms with van der Waals surface area (Å²) >= 11 is 6.01. The fourth-order valence-electron chi connectivity index (χ4n) is 3.10. The maximum absolute atomic E-state index is 13.7. The predicted octanol–water partition coefficient (Wildman–Crippen LogP) is 3.58. The summed E-state index contributed by atoms with van der Waals surface area (Å²) in [6.45, 7) is 0. The molecule has 0 bridgehead atoms. The van der Waals surface area contributed by atoms with Crippen LogP contribution in [0.2, 0.25) is 5.15 Å². The van der Waals surface area contributed by atoms with Gasteiger partial charge in [-0.1, -0.05) is 23.7 Å². The Balaban J connectivity index is 1.64. The molecule has 24 heavy (non-hydrogen) atoms. The molecule has 1 saturated carbocycles. The highest BCUT2D eigenvalue weighted by molar-refractivity contribution is 6.29. The van der Waals surface area contributed by atoms with Crippen molar-refractivity contribution < 1.29 is 13.9 Å². The van der Waals surface area contributed by atoms with Gasteiger partial charge in [0, 0.05) is 5.56 Å². The zero-order valence-electron chi connectivity index (χ0n) is 12.7. The van der Waals surface area contributed by atoms with E-state index in [-0.39, 0.29) is 17.0 Å². The summed E-state index contributed by atoms with van der Waals surface area (Å²) in [5.41, 5.74) is 3.02. The van der Waals surface area contributed by atoms with E-state index in [9.17, 15) is 9.18 Å². The van der Waals surface area contributed by atoms with Crippen LogP contribution in [0.15, 0.2) is 36.5 Å². The van der Waals surface area contributed by atoms with Gasteiger partial charge in [0.2, 0.25) is 5.95 Å². The second-order valence-corrected chi connectivity index (χ2v) is 6.19. The Labute approximate surface area is 142 Å². The van der Waals surface area contributed by atoms with Gasteiger partial charge in [-0.3, -0.25) is 0 Å². The molecule has 2 atom stereocenters. The van der Waals surface area contributed by atoms with Crippen molar-refractivity contribution in [3.05, 3.63) is 64.3 Å². The van der Waals surface area contributed by atoms with Crippen LogP contribution in [0.3, 0.4) is 0 Å². The van der Waals surface area contributed by atoms with Gasteiger partial charge >= 0.3 is 5.97 Å².